The number of hydrogen-bond acceptors (Lipinski definition) is 2. The van der Waals surface area contributed by atoms with E-state index in [0.29, 0.717) is 5.92 Å². The monoisotopic (exact) mass is 202 g/mol. The third kappa shape index (κ3) is 6.88. The standard InChI is InChI=1S/C7H18N2.2ClH/c1-5(2)6(8)7(3,4)9;;/h5-6H,8-9H2,1-4H3;2*1H. The highest BCUT2D eigenvalue weighted by Gasteiger charge is 2.23. The maximum Gasteiger partial charge on any atom is 0.0253 e. The molecule has 0 heterocycles. The molecule has 0 saturated heterocycles. The molecule has 0 aromatic carbocycles. The van der Waals surface area contributed by atoms with E-state index in [1.54, 1.807) is 0 Å². The van der Waals surface area contributed by atoms with Gasteiger partial charge in [-0.1, -0.05) is 13.8 Å². The molecule has 1 unspecified atom stereocenters. The molecule has 0 spiro atoms. The summed E-state index contributed by atoms with van der Waals surface area (Å²) in [6, 6.07) is 0.0949. The van der Waals surface area contributed by atoms with Crippen molar-refractivity contribution < 1.29 is 0 Å². The molecule has 0 amide bonds. The van der Waals surface area contributed by atoms with Crippen molar-refractivity contribution in [2.45, 2.75) is 39.3 Å². The molecule has 0 aliphatic rings. The number of halogens is 2. The third-order valence-corrected chi connectivity index (χ3v) is 1.58. The normalized spacial score (nSPS) is 13.4. The van der Waals surface area contributed by atoms with E-state index in [9.17, 15) is 0 Å². The van der Waals surface area contributed by atoms with Gasteiger partial charge < -0.3 is 11.5 Å². The first-order chi connectivity index (χ1) is 3.85. The molecule has 0 saturated carbocycles. The average Bonchev–Trinajstić information content (AvgIpc) is 1.62. The summed E-state index contributed by atoms with van der Waals surface area (Å²) < 4.78 is 0. The Kier molecular flexibility index (Phi) is 9.68. The van der Waals surface area contributed by atoms with Crippen molar-refractivity contribution >= 4 is 24.8 Å². The van der Waals surface area contributed by atoms with Gasteiger partial charge in [-0.05, 0) is 19.8 Å². The summed E-state index contributed by atoms with van der Waals surface area (Å²) >= 11 is 0. The molecule has 2 nitrogen and oxygen atoms in total. The van der Waals surface area contributed by atoms with E-state index >= 15 is 0 Å². The van der Waals surface area contributed by atoms with Crippen LogP contribution in [0.15, 0.2) is 0 Å². The van der Waals surface area contributed by atoms with Crippen LogP contribution in [-0.2, 0) is 0 Å². The van der Waals surface area contributed by atoms with Crippen LogP contribution >= 0.6 is 24.8 Å². The van der Waals surface area contributed by atoms with Gasteiger partial charge in [0.05, 0.1) is 0 Å². The number of rotatable bonds is 2. The summed E-state index contributed by atoms with van der Waals surface area (Å²) in [6.45, 7) is 8.08. The molecular formula is C7H20Cl2N2. The average molecular weight is 203 g/mol. The minimum atomic E-state index is -0.242. The summed E-state index contributed by atoms with van der Waals surface area (Å²) in [7, 11) is 0. The Morgan fingerprint density at radius 3 is 1.36 bits per heavy atom. The summed E-state index contributed by atoms with van der Waals surface area (Å²) in [6.07, 6.45) is 0. The highest BCUT2D eigenvalue weighted by atomic mass is 35.5. The van der Waals surface area contributed by atoms with Crippen molar-refractivity contribution in [2.24, 2.45) is 17.4 Å². The SMILES string of the molecule is CC(C)C(N)C(C)(C)N.Cl.Cl. The Balaban J connectivity index is -0.000000320. The first-order valence-corrected chi connectivity index (χ1v) is 3.40. The summed E-state index contributed by atoms with van der Waals surface area (Å²) in [5, 5.41) is 0. The molecule has 0 radical (unpaired) electrons. The van der Waals surface area contributed by atoms with E-state index in [4.69, 9.17) is 11.5 Å². The second-order valence-electron chi connectivity index (χ2n) is 3.59. The smallest absolute Gasteiger partial charge is 0.0253 e. The van der Waals surface area contributed by atoms with Gasteiger partial charge in [-0.25, -0.2) is 0 Å². The van der Waals surface area contributed by atoms with Crippen LogP contribution in [0.25, 0.3) is 0 Å². The lowest BCUT2D eigenvalue weighted by Gasteiger charge is -2.29. The number of nitrogens with two attached hydrogens (primary N) is 2. The molecule has 11 heavy (non-hydrogen) atoms. The van der Waals surface area contributed by atoms with E-state index in [2.05, 4.69) is 13.8 Å². The minimum absolute atomic E-state index is 0. The number of hydrogen-bond donors (Lipinski definition) is 2. The van der Waals surface area contributed by atoms with E-state index in [-0.39, 0.29) is 36.4 Å². The van der Waals surface area contributed by atoms with Crippen molar-refractivity contribution in [2.75, 3.05) is 0 Å². The Morgan fingerprint density at radius 2 is 1.36 bits per heavy atom. The highest BCUT2D eigenvalue weighted by molar-refractivity contribution is 5.85. The first-order valence-electron chi connectivity index (χ1n) is 3.40. The highest BCUT2D eigenvalue weighted by Crippen LogP contribution is 2.10. The molecule has 4 heteroatoms. The minimum Gasteiger partial charge on any atom is -0.326 e. The van der Waals surface area contributed by atoms with Crippen LogP contribution in [0.5, 0.6) is 0 Å². The van der Waals surface area contributed by atoms with Crippen LogP contribution in [-0.4, -0.2) is 11.6 Å². The fourth-order valence-electron chi connectivity index (χ4n) is 0.859. The van der Waals surface area contributed by atoms with Gasteiger partial charge in [0.25, 0.3) is 0 Å². The Morgan fingerprint density at radius 1 is 1.09 bits per heavy atom. The predicted octanol–water partition coefficient (Wildman–Crippen LogP) is 1.55. The largest absolute Gasteiger partial charge is 0.326 e. The topological polar surface area (TPSA) is 52.0 Å². The summed E-state index contributed by atoms with van der Waals surface area (Å²) in [5.41, 5.74) is 11.3. The zero-order valence-corrected chi connectivity index (χ0v) is 9.26. The quantitative estimate of drug-likeness (QED) is 0.715. The molecule has 0 aliphatic heterocycles. The molecule has 0 aromatic heterocycles. The van der Waals surface area contributed by atoms with Crippen LogP contribution in [0.4, 0.5) is 0 Å². The molecule has 4 N–H and O–H groups in total. The van der Waals surface area contributed by atoms with Crippen molar-refractivity contribution in [3.05, 3.63) is 0 Å². The predicted molar refractivity (Wildman–Crippen MR) is 55.6 cm³/mol. The van der Waals surface area contributed by atoms with Crippen molar-refractivity contribution in [1.29, 1.82) is 0 Å². The lowest BCUT2D eigenvalue weighted by Crippen LogP contribution is -2.53. The molecule has 0 rings (SSSR count). The lowest BCUT2D eigenvalue weighted by molar-refractivity contribution is 0.331. The second-order valence-corrected chi connectivity index (χ2v) is 3.59. The van der Waals surface area contributed by atoms with Gasteiger partial charge in [-0.2, -0.15) is 0 Å². The fraction of sp³-hybridized carbons (Fsp3) is 1.00. The lowest BCUT2D eigenvalue weighted by atomic mass is 9.88. The van der Waals surface area contributed by atoms with Gasteiger partial charge in [0.1, 0.15) is 0 Å². The molecule has 72 valence electrons. The fourth-order valence-corrected chi connectivity index (χ4v) is 0.859. The van der Waals surface area contributed by atoms with Gasteiger partial charge in [-0.3, -0.25) is 0 Å². The van der Waals surface area contributed by atoms with Gasteiger partial charge in [0.2, 0.25) is 0 Å². The summed E-state index contributed by atoms with van der Waals surface area (Å²) in [4.78, 5) is 0. The van der Waals surface area contributed by atoms with Gasteiger partial charge in [-0.15, -0.1) is 24.8 Å². The molecular weight excluding hydrogens is 183 g/mol. The van der Waals surface area contributed by atoms with E-state index in [1.165, 1.54) is 0 Å². The van der Waals surface area contributed by atoms with Crippen molar-refractivity contribution in [1.82, 2.24) is 0 Å². The Bertz CT molecular complexity index is 88.9. The maximum atomic E-state index is 5.77. The van der Waals surface area contributed by atoms with Gasteiger partial charge in [0, 0.05) is 11.6 Å². The molecule has 0 fully saturated rings. The third-order valence-electron chi connectivity index (χ3n) is 1.58. The molecule has 1 atom stereocenters. The van der Waals surface area contributed by atoms with Crippen LogP contribution in [0.2, 0.25) is 0 Å². The van der Waals surface area contributed by atoms with Gasteiger partial charge in [0.15, 0.2) is 0 Å². The van der Waals surface area contributed by atoms with E-state index < -0.39 is 0 Å². The maximum absolute atomic E-state index is 5.77. The summed E-state index contributed by atoms with van der Waals surface area (Å²) in [5.74, 6) is 0.463. The second kappa shape index (κ2) is 6.06. The van der Waals surface area contributed by atoms with Crippen LogP contribution in [0, 0.1) is 5.92 Å². The van der Waals surface area contributed by atoms with E-state index in [1.807, 2.05) is 13.8 Å². The van der Waals surface area contributed by atoms with Crippen LogP contribution in [0.1, 0.15) is 27.7 Å². The van der Waals surface area contributed by atoms with Crippen molar-refractivity contribution in [3.8, 4) is 0 Å². The van der Waals surface area contributed by atoms with Gasteiger partial charge >= 0.3 is 0 Å². The van der Waals surface area contributed by atoms with Crippen LogP contribution in [0.3, 0.4) is 0 Å². The zero-order chi connectivity index (χ0) is 7.65. The first kappa shape index (κ1) is 17.5. The van der Waals surface area contributed by atoms with Crippen LogP contribution < -0.4 is 11.5 Å². The zero-order valence-electron chi connectivity index (χ0n) is 7.63. The Labute approximate surface area is 81.9 Å². The van der Waals surface area contributed by atoms with Crippen molar-refractivity contribution in [3.63, 3.8) is 0 Å². The van der Waals surface area contributed by atoms with E-state index in [0.717, 1.165) is 0 Å². The molecule has 0 aromatic rings. The molecule has 0 bridgehead atoms. The Hall–Kier alpha value is 0.500. The molecule has 0 aliphatic carbocycles.